The molecule has 0 atom stereocenters. The van der Waals surface area contributed by atoms with Gasteiger partial charge in [-0.05, 0) is 17.7 Å². The maximum absolute atomic E-state index is 12.7. The summed E-state index contributed by atoms with van der Waals surface area (Å²) in [6.45, 7) is -1.62. The third kappa shape index (κ3) is 4.47. The van der Waals surface area contributed by atoms with Gasteiger partial charge in [0.25, 0.3) is 0 Å². The van der Waals surface area contributed by atoms with Gasteiger partial charge in [-0.3, -0.25) is 0 Å². The molecule has 0 aliphatic heterocycles. The molecule has 0 radical (unpaired) electrons. The molecule has 6 nitrogen and oxygen atoms in total. The molecule has 7 heteroatoms. The van der Waals surface area contributed by atoms with Crippen LogP contribution in [-0.2, 0) is 6.54 Å². The molecule has 106 valence electrons. The minimum absolute atomic E-state index is 0.157. The first-order valence-electron chi connectivity index (χ1n) is 5.68. The normalized spacial score (nSPS) is 11.2. The third-order valence-corrected chi connectivity index (χ3v) is 2.65. The van der Waals surface area contributed by atoms with Crippen molar-refractivity contribution in [2.45, 2.75) is 12.1 Å². The maximum Gasteiger partial charge on any atom is 0.315 e. The standard InChI is InChI=1S/C12H17FN2O4/c13-10-3-1-9(2-4-10)5-14-11(19)15-12(6-16,7-17)8-18/h1-4,16-18H,5-8H2,(H2,14,15,19). The Labute approximate surface area is 109 Å². The topological polar surface area (TPSA) is 102 Å². The molecule has 0 fully saturated rings. The van der Waals surface area contributed by atoms with Gasteiger partial charge in [0.05, 0.1) is 19.8 Å². The first kappa shape index (κ1) is 15.4. The van der Waals surface area contributed by atoms with Crippen molar-refractivity contribution in [1.82, 2.24) is 10.6 Å². The SMILES string of the molecule is O=C(NCc1ccc(F)cc1)NC(CO)(CO)CO. The minimum Gasteiger partial charge on any atom is -0.394 e. The first-order chi connectivity index (χ1) is 9.05. The molecule has 5 N–H and O–H groups in total. The smallest absolute Gasteiger partial charge is 0.315 e. The number of carbonyl (C=O) groups is 1. The van der Waals surface area contributed by atoms with E-state index < -0.39 is 31.4 Å². The Morgan fingerprint density at radius 1 is 1.11 bits per heavy atom. The number of benzene rings is 1. The van der Waals surface area contributed by atoms with Gasteiger partial charge in [0, 0.05) is 6.54 Å². The molecular weight excluding hydrogens is 255 g/mol. The van der Waals surface area contributed by atoms with E-state index in [0.29, 0.717) is 5.56 Å². The number of hydrogen-bond acceptors (Lipinski definition) is 4. The highest BCUT2D eigenvalue weighted by molar-refractivity contribution is 5.74. The fourth-order valence-electron chi connectivity index (χ4n) is 1.34. The van der Waals surface area contributed by atoms with E-state index in [1.165, 1.54) is 24.3 Å². The number of rotatable bonds is 6. The van der Waals surface area contributed by atoms with Crippen LogP contribution in [0, 0.1) is 5.82 Å². The number of urea groups is 1. The van der Waals surface area contributed by atoms with E-state index in [9.17, 15) is 9.18 Å². The number of hydrogen-bond donors (Lipinski definition) is 5. The van der Waals surface area contributed by atoms with E-state index in [1.807, 2.05) is 0 Å². The Hall–Kier alpha value is -1.70. The number of amides is 2. The first-order valence-corrected chi connectivity index (χ1v) is 5.68. The fourth-order valence-corrected chi connectivity index (χ4v) is 1.34. The summed E-state index contributed by atoms with van der Waals surface area (Å²) in [6, 6.07) is 4.93. The van der Waals surface area contributed by atoms with Crippen molar-refractivity contribution >= 4 is 6.03 Å². The van der Waals surface area contributed by atoms with Gasteiger partial charge in [-0.25, -0.2) is 9.18 Å². The molecule has 0 heterocycles. The minimum atomic E-state index is -1.47. The van der Waals surface area contributed by atoms with Crippen molar-refractivity contribution in [3.63, 3.8) is 0 Å². The average molecular weight is 272 g/mol. The van der Waals surface area contributed by atoms with Crippen LogP contribution in [-0.4, -0.2) is 46.7 Å². The number of halogens is 1. The largest absolute Gasteiger partial charge is 0.394 e. The van der Waals surface area contributed by atoms with Crippen LogP contribution in [0.2, 0.25) is 0 Å². The van der Waals surface area contributed by atoms with Crippen molar-refractivity contribution in [2.75, 3.05) is 19.8 Å². The van der Waals surface area contributed by atoms with Crippen molar-refractivity contribution in [3.8, 4) is 0 Å². The maximum atomic E-state index is 12.7. The highest BCUT2D eigenvalue weighted by Gasteiger charge is 2.29. The summed E-state index contributed by atoms with van der Waals surface area (Å²) in [4.78, 5) is 11.5. The van der Waals surface area contributed by atoms with Crippen LogP contribution in [0.15, 0.2) is 24.3 Å². The summed E-state index contributed by atoms with van der Waals surface area (Å²) in [6.07, 6.45) is 0. The molecule has 0 aromatic heterocycles. The van der Waals surface area contributed by atoms with E-state index in [4.69, 9.17) is 15.3 Å². The molecule has 2 amide bonds. The van der Waals surface area contributed by atoms with Crippen molar-refractivity contribution in [3.05, 3.63) is 35.6 Å². The molecule has 0 saturated heterocycles. The van der Waals surface area contributed by atoms with Gasteiger partial charge >= 0.3 is 6.03 Å². The van der Waals surface area contributed by atoms with Crippen LogP contribution in [0.1, 0.15) is 5.56 Å². The molecule has 0 spiro atoms. The zero-order chi connectivity index (χ0) is 14.3. The van der Waals surface area contributed by atoms with Crippen LogP contribution in [0.3, 0.4) is 0 Å². The Kier molecular flexibility index (Phi) is 5.68. The van der Waals surface area contributed by atoms with Gasteiger partial charge in [0.2, 0.25) is 0 Å². The van der Waals surface area contributed by atoms with Crippen LogP contribution in [0.5, 0.6) is 0 Å². The van der Waals surface area contributed by atoms with Crippen LogP contribution < -0.4 is 10.6 Å². The molecule has 19 heavy (non-hydrogen) atoms. The van der Waals surface area contributed by atoms with Gasteiger partial charge in [-0.1, -0.05) is 12.1 Å². The molecular formula is C12H17FN2O4. The number of nitrogens with one attached hydrogen (secondary N) is 2. The van der Waals surface area contributed by atoms with E-state index in [-0.39, 0.29) is 12.4 Å². The predicted octanol–water partition coefficient (Wildman–Crippen LogP) is -0.659. The lowest BCUT2D eigenvalue weighted by molar-refractivity contribution is 0.0492. The molecule has 0 saturated carbocycles. The third-order valence-electron chi connectivity index (χ3n) is 2.65. The summed E-state index contributed by atoms with van der Waals surface area (Å²) in [5.74, 6) is -0.368. The summed E-state index contributed by atoms with van der Waals surface area (Å²) in [7, 11) is 0. The summed E-state index contributed by atoms with van der Waals surface area (Å²) < 4.78 is 12.7. The monoisotopic (exact) mass is 272 g/mol. The lowest BCUT2D eigenvalue weighted by atomic mass is 10.0. The van der Waals surface area contributed by atoms with E-state index in [2.05, 4.69) is 10.6 Å². The summed E-state index contributed by atoms with van der Waals surface area (Å²) in [5, 5.41) is 31.9. The van der Waals surface area contributed by atoms with Crippen LogP contribution in [0.25, 0.3) is 0 Å². The quantitative estimate of drug-likeness (QED) is 0.474. The second kappa shape index (κ2) is 7.03. The molecule has 0 aliphatic rings. The Balaban J connectivity index is 2.49. The molecule has 1 rings (SSSR count). The zero-order valence-electron chi connectivity index (χ0n) is 10.3. The predicted molar refractivity (Wildman–Crippen MR) is 65.8 cm³/mol. The van der Waals surface area contributed by atoms with Gasteiger partial charge in [0.1, 0.15) is 11.4 Å². The van der Waals surface area contributed by atoms with Gasteiger partial charge in [-0.15, -0.1) is 0 Å². The summed E-state index contributed by atoms with van der Waals surface area (Å²) in [5.41, 5.74) is -0.772. The molecule has 0 aliphatic carbocycles. The lowest BCUT2D eigenvalue weighted by Crippen LogP contribution is -2.59. The Morgan fingerprint density at radius 3 is 2.11 bits per heavy atom. The van der Waals surface area contributed by atoms with E-state index in [0.717, 1.165) is 0 Å². The lowest BCUT2D eigenvalue weighted by Gasteiger charge is -2.28. The van der Waals surface area contributed by atoms with Crippen LogP contribution >= 0.6 is 0 Å². The van der Waals surface area contributed by atoms with Gasteiger partial charge < -0.3 is 26.0 Å². The second-order valence-corrected chi connectivity index (χ2v) is 4.19. The van der Waals surface area contributed by atoms with Gasteiger partial charge in [-0.2, -0.15) is 0 Å². The second-order valence-electron chi connectivity index (χ2n) is 4.19. The van der Waals surface area contributed by atoms with Crippen molar-refractivity contribution in [2.24, 2.45) is 0 Å². The number of carbonyl (C=O) groups excluding carboxylic acids is 1. The van der Waals surface area contributed by atoms with E-state index in [1.54, 1.807) is 0 Å². The number of aliphatic hydroxyl groups excluding tert-OH is 3. The fraction of sp³-hybridized carbons (Fsp3) is 0.417. The van der Waals surface area contributed by atoms with E-state index >= 15 is 0 Å². The Bertz CT molecular complexity index is 398. The zero-order valence-corrected chi connectivity index (χ0v) is 10.3. The molecule has 0 bridgehead atoms. The average Bonchev–Trinajstić information content (AvgIpc) is 2.44. The molecule has 1 aromatic carbocycles. The number of aliphatic hydroxyl groups is 3. The van der Waals surface area contributed by atoms with Gasteiger partial charge in [0.15, 0.2) is 0 Å². The highest BCUT2D eigenvalue weighted by Crippen LogP contribution is 2.03. The summed E-state index contributed by atoms with van der Waals surface area (Å²) >= 11 is 0. The Morgan fingerprint density at radius 2 is 1.63 bits per heavy atom. The highest BCUT2D eigenvalue weighted by atomic mass is 19.1. The van der Waals surface area contributed by atoms with Crippen molar-refractivity contribution in [1.29, 1.82) is 0 Å². The molecule has 1 aromatic rings. The van der Waals surface area contributed by atoms with Crippen molar-refractivity contribution < 1.29 is 24.5 Å². The van der Waals surface area contributed by atoms with Crippen LogP contribution in [0.4, 0.5) is 9.18 Å². The molecule has 0 unspecified atom stereocenters.